The molecule has 0 saturated carbocycles. The van der Waals surface area contributed by atoms with Crippen molar-refractivity contribution in [3.8, 4) is 5.75 Å². The SMILES string of the molecule is CC(=O)Oc1ccc(Sc2ccc(C(=O)NC3CN4CCC3CC4)cc2)cc1. The summed E-state index contributed by atoms with van der Waals surface area (Å²) in [5, 5.41) is 3.23. The first kappa shape index (κ1) is 19.0. The smallest absolute Gasteiger partial charge is 0.308 e. The number of benzene rings is 2. The van der Waals surface area contributed by atoms with Gasteiger partial charge in [-0.1, -0.05) is 11.8 Å². The standard InChI is InChI=1S/C22H24N2O3S/c1-15(25)27-18-4-8-20(9-5-18)28-19-6-2-17(3-7-19)22(26)23-21-14-24-12-10-16(21)11-13-24/h2-9,16,21H,10-14H2,1H3,(H,23,26). The number of hydrogen-bond acceptors (Lipinski definition) is 5. The second-order valence-corrected chi connectivity index (χ2v) is 8.56. The van der Waals surface area contributed by atoms with Crippen LogP contribution in [0.5, 0.6) is 5.75 Å². The first-order chi connectivity index (χ1) is 13.6. The van der Waals surface area contributed by atoms with Crippen LogP contribution in [0.3, 0.4) is 0 Å². The van der Waals surface area contributed by atoms with Crippen LogP contribution in [0, 0.1) is 5.92 Å². The van der Waals surface area contributed by atoms with Gasteiger partial charge < -0.3 is 15.0 Å². The van der Waals surface area contributed by atoms with Crippen LogP contribution in [0.2, 0.25) is 0 Å². The van der Waals surface area contributed by atoms with Gasteiger partial charge in [0.05, 0.1) is 0 Å². The van der Waals surface area contributed by atoms with E-state index in [-0.39, 0.29) is 17.9 Å². The molecule has 0 spiro atoms. The van der Waals surface area contributed by atoms with Gasteiger partial charge in [0.1, 0.15) is 5.75 Å². The summed E-state index contributed by atoms with van der Waals surface area (Å²) in [5.41, 5.74) is 0.700. The van der Waals surface area contributed by atoms with Crippen LogP contribution < -0.4 is 10.1 Å². The average molecular weight is 397 g/mol. The first-order valence-electron chi connectivity index (χ1n) is 9.66. The summed E-state index contributed by atoms with van der Waals surface area (Å²) in [6.07, 6.45) is 2.38. The molecular weight excluding hydrogens is 372 g/mol. The Morgan fingerprint density at radius 1 is 1.00 bits per heavy atom. The topological polar surface area (TPSA) is 58.6 Å². The fraction of sp³-hybridized carbons (Fsp3) is 0.364. The molecule has 6 heteroatoms. The molecule has 1 N–H and O–H groups in total. The summed E-state index contributed by atoms with van der Waals surface area (Å²) < 4.78 is 5.05. The number of carbonyl (C=O) groups is 2. The molecule has 0 radical (unpaired) electrons. The van der Waals surface area contributed by atoms with Crippen LogP contribution >= 0.6 is 11.8 Å². The number of esters is 1. The fourth-order valence-electron chi connectivity index (χ4n) is 3.93. The molecule has 3 fully saturated rings. The van der Waals surface area contributed by atoms with E-state index in [9.17, 15) is 9.59 Å². The minimum atomic E-state index is -0.326. The summed E-state index contributed by atoms with van der Waals surface area (Å²) in [7, 11) is 0. The predicted octanol–water partition coefficient (Wildman–Crippen LogP) is 3.59. The molecule has 146 valence electrons. The van der Waals surface area contributed by atoms with Crippen molar-refractivity contribution >= 4 is 23.6 Å². The summed E-state index contributed by atoms with van der Waals surface area (Å²) in [6.45, 7) is 4.71. The highest BCUT2D eigenvalue weighted by Gasteiger charge is 2.34. The Morgan fingerprint density at radius 3 is 2.14 bits per heavy atom. The van der Waals surface area contributed by atoms with Crippen molar-refractivity contribution in [3.05, 3.63) is 54.1 Å². The Morgan fingerprint density at radius 2 is 1.61 bits per heavy atom. The third kappa shape index (κ3) is 4.56. The summed E-state index contributed by atoms with van der Waals surface area (Å²) in [5.74, 6) is 0.851. The van der Waals surface area contributed by atoms with Gasteiger partial charge in [-0.05, 0) is 80.4 Å². The number of rotatable bonds is 5. The van der Waals surface area contributed by atoms with Gasteiger partial charge in [-0.25, -0.2) is 0 Å². The Bertz CT molecular complexity index is 843. The van der Waals surface area contributed by atoms with E-state index in [1.165, 1.54) is 32.9 Å². The maximum atomic E-state index is 12.6. The van der Waals surface area contributed by atoms with Gasteiger partial charge in [0.25, 0.3) is 5.91 Å². The van der Waals surface area contributed by atoms with Crippen LogP contribution in [-0.4, -0.2) is 42.5 Å². The van der Waals surface area contributed by atoms with Gasteiger partial charge in [0.15, 0.2) is 0 Å². The highest BCUT2D eigenvalue weighted by Crippen LogP contribution is 2.30. The normalized spacial score (nSPS) is 23.2. The second kappa shape index (κ2) is 8.37. The number of nitrogens with one attached hydrogen (secondary N) is 1. The minimum Gasteiger partial charge on any atom is -0.427 e. The number of hydrogen-bond donors (Lipinski definition) is 1. The zero-order valence-electron chi connectivity index (χ0n) is 15.9. The van der Waals surface area contributed by atoms with Gasteiger partial charge in [0, 0.05) is 34.9 Å². The number of carbonyl (C=O) groups excluding carboxylic acids is 2. The quantitative estimate of drug-likeness (QED) is 0.618. The van der Waals surface area contributed by atoms with E-state index in [4.69, 9.17) is 4.74 Å². The zero-order chi connectivity index (χ0) is 19.5. The van der Waals surface area contributed by atoms with Crippen molar-refractivity contribution in [1.82, 2.24) is 10.2 Å². The number of amides is 1. The largest absolute Gasteiger partial charge is 0.427 e. The molecular formula is C22H24N2O3S. The van der Waals surface area contributed by atoms with E-state index in [0.717, 1.165) is 16.3 Å². The van der Waals surface area contributed by atoms with Crippen molar-refractivity contribution in [2.75, 3.05) is 19.6 Å². The third-order valence-electron chi connectivity index (χ3n) is 5.41. The third-order valence-corrected chi connectivity index (χ3v) is 6.43. The van der Waals surface area contributed by atoms with Crippen molar-refractivity contribution in [2.24, 2.45) is 5.92 Å². The lowest BCUT2D eigenvalue weighted by Gasteiger charge is -2.44. The maximum absolute atomic E-state index is 12.6. The van der Waals surface area contributed by atoms with Crippen LogP contribution in [0.25, 0.3) is 0 Å². The predicted molar refractivity (Wildman–Crippen MR) is 109 cm³/mol. The summed E-state index contributed by atoms with van der Waals surface area (Å²) >= 11 is 1.60. The molecule has 3 aliphatic heterocycles. The Balaban J connectivity index is 1.34. The van der Waals surface area contributed by atoms with Gasteiger partial charge in [-0.2, -0.15) is 0 Å². The summed E-state index contributed by atoms with van der Waals surface area (Å²) in [4.78, 5) is 28.1. The molecule has 3 aliphatic rings. The molecule has 1 unspecified atom stereocenters. The molecule has 1 atom stereocenters. The van der Waals surface area contributed by atoms with Crippen molar-refractivity contribution in [2.45, 2.75) is 35.6 Å². The van der Waals surface area contributed by atoms with Crippen LogP contribution in [-0.2, 0) is 4.79 Å². The fourth-order valence-corrected chi connectivity index (χ4v) is 4.75. The maximum Gasteiger partial charge on any atom is 0.308 e. The molecule has 0 aromatic heterocycles. The van der Waals surface area contributed by atoms with E-state index in [0.29, 0.717) is 17.2 Å². The number of fused-ring (bicyclic) bond motifs is 3. The van der Waals surface area contributed by atoms with Gasteiger partial charge in [-0.3, -0.25) is 9.59 Å². The van der Waals surface area contributed by atoms with Crippen LogP contribution in [0.1, 0.15) is 30.1 Å². The molecule has 3 saturated heterocycles. The van der Waals surface area contributed by atoms with Crippen LogP contribution in [0.15, 0.2) is 58.3 Å². The lowest BCUT2D eigenvalue weighted by atomic mass is 9.84. The Labute approximate surface area is 169 Å². The number of nitrogens with zero attached hydrogens (tertiary/aromatic N) is 1. The molecule has 2 bridgehead atoms. The highest BCUT2D eigenvalue weighted by atomic mass is 32.2. The molecule has 5 rings (SSSR count). The van der Waals surface area contributed by atoms with E-state index in [1.54, 1.807) is 23.9 Å². The molecule has 1 amide bonds. The molecule has 2 aromatic carbocycles. The van der Waals surface area contributed by atoms with Crippen molar-refractivity contribution < 1.29 is 14.3 Å². The highest BCUT2D eigenvalue weighted by molar-refractivity contribution is 7.99. The van der Waals surface area contributed by atoms with E-state index >= 15 is 0 Å². The molecule has 3 heterocycles. The second-order valence-electron chi connectivity index (χ2n) is 7.41. The lowest BCUT2D eigenvalue weighted by Crippen LogP contribution is -2.57. The first-order valence-corrected chi connectivity index (χ1v) is 10.5. The van der Waals surface area contributed by atoms with Crippen molar-refractivity contribution in [1.29, 1.82) is 0 Å². The number of ether oxygens (including phenoxy) is 1. The lowest BCUT2D eigenvalue weighted by molar-refractivity contribution is -0.131. The molecule has 28 heavy (non-hydrogen) atoms. The zero-order valence-corrected chi connectivity index (χ0v) is 16.7. The van der Waals surface area contributed by atoms with E-state index in [1.807, 2.05) is 36.4 Å². The number of piperidine rings is 3. The van der Waals surface area contributed by atoms with Crippen molar-refractivity contribution in [3.63, 3.8) is 0 Å². The minimum absolute atomic E-state index is 0.0148. The molecule has 5 nitrogen and oxygen atoms in total. The molecule has 0 aliphatic carbocycles. The Kier molecular flexibility index (Phi) is 5.69. The van der Waals surface area contributed by atoms with Gasteiger partial charge in [-0.15, -0.1) is 0 Å². The summed E-state index contributed by atoms with van der Waals surface area (Å²) in [6, 6.07) is 15.4. The van der Waals surface area contributed by atoms with Gasteiger partial charge >= 0.3 is 5.97 Å². The van der Waals surface area contributed by atoms with Crippen LogP contribution in [0.4, 0.5) is 0 Å². The molecule has 2 aromatic rings. The average Bonchev–Trinajstić information content (AvgIpc) is 2.70. The van der Waals surface area contributed by atoms with Gasteiger partial charge in [0.2, 0.25) is 0 Å². The monoisotopic (exact) mass is 396 g/mol. The van der Waals surface area contributed by atoms with E-state index < -0.39 is 0 Å². The van der Waals surface area contributed by atoms with E-state index in [2.05, 4.69) is 10.2 Å². The Hall–Kier alpha value is -2.31.